The third-order valence-corrected chi connectivity index (χ3v) is 3.28. The van der Waals surface area contributed by atoms with Gasteiger partial charge in [-0.1, -0.05) is 6.07 Å². The van der Waals surface area contributed by atoms with Gasteiger partial charge in [0.05, 0.1) is 17.8 Å². The number of halogens is 1. The Balaban J connectivity index is 2.12. The van der Waals surface area contributed by atoms with E-state index in [1.165, 1.54) is 23.5 Å². The molecule has 0 aliphatic heterocycles. The first-order chi connectivity index (χ1) is 9.22. The minimum atomic E-state index is -0.427. The topological polar surface area (TPSA) is 54.0 Å². The zero-order chi connectivity index (χ0) is 13.7. The van der Waals surface area contributed by atoms with Gasteiger partial charge in [-0.2, -0.15) is 0 Å². The Morgan fingerprint density at radius 1 is 1.47 bits per heavy atom. The summed E-state index contributed by atoms with van der Waals surface area (Å²) in [5.74, 6) is -0.741. The summed E-state index contributed by atoms with van der Waals surface area (Å²) in [4.78, 5) is 16.1. The van der Waals surface area contributed by atoms with Crippen LogP contribution in [0.25, 0.3) is 0 Å². The summed E-state index contributed by atoms with van der Waals surface area (Å²) in [5.41, 5.74) is 0.542. The molecule has 0 aliphatic carbocycles. The number of hydrogen-bond donors (Lipinski definition) is 2. The number of carbonyl (C=O) groups excluding carboxylic acids is 1. The number of para-hydroxylation sites is 1. The second-order valence-electron chi connectivity index (χ2n) is 3.80. The highest BCUT2D eigenvalue weighted by Gasteiger charge is 2.14. The average molecular weight is 279 g/mol. The van der Waals surface area contributed by atoms with Crippen LogP contribution in [-0.2, 0) is 6.54 Å². The predicted octanol–water partition coefficient (Wildman–Crippen LogP) is 2.64. The zero-order valence-electron chi connectivity index (χ0n) is 10.4. The lowest BCUT2D eigenvalue weighted by Crippen LogP contribution is -2.24. The highest BCUT2D eigenvalue weighted by molar-refractivity contribution is 7.09. The fraction of sp³-hybridized carbons (Fsp3) is 0.231. The van der Waals surface area contributed by atoms with Crippen molar-refractivity contribution in [2.75, 3.05) is 11.9 Å². The fourth-order valence-corrected chi connectivity index (χ4v) is 2.22. The Hall–Kier alpha value is -1.95. The summed E-state index contributed by atoms with van der Waals surface area (Å²) in [6.07, 6.45) is 1.68. The minimum absolute atomic E-state index is 0.238. The van der Waals surface area contributed by atoms with Gasteiger partial charge in [0.1, 0.15) is 10.8 Å². The molecule has 0 unspecified atom stereocenters. The fourth-order valence-electron chi connectivity index (χ4n) is 1.66. The highest BCUT2D eigenvalue weighted by atomic mass is 32.1. The summed E-state index contributed by atoms with van der Waals surface area (Å²) < 4.78 is 13.7. The molecule has 19 heavy (non-hydrogen) atoms. The average Bonchev–Trinajstić information content (AvgIpc) is 2.92. The van der Waals surface area contributed by atoms with Gasteiger partial charge in [0.15, 0.2) is 0 Å². The third kappa shape index (κ3) is 3.29. The summed E-state index contributed by atoms with van der Waals surface area (Å²) >= 11 is 1.46. The van der Waals surface area contributed by atoms with Crippen molar-refractivity contribution in [2.24, 2.45) is 0 Å². The third-order valence-electron chi connectivity index (χ3n) is 2.50. The van der Waals surface area contributed by atoms with E-state index in [4.69, 9.17) is 0 Å². The van der Waals surface area contributed by atoms with E-state index in [-0.39, 0.29) is 11.6 Å². The van der Waals surface area contributed by atoms with Crippen LogP contribution in [-0.4, -0.2) is 17.4 Å². The smallest absolute Gasteiger partial charge is 0.253 e. The SMILES string of the molecule is CCNc1c(F)cccc1C(=O)NCc1nccs1. The van der Waals surface area contributed by atoms with E-state index >= 15 is 0 Å². The lowest BCUT2D eigenvalue weighted by atomic mass is 10.1. The molecule has 0 atom stereocenters. The van der Waals surface area contributed by atoms with E-state index in [2.05, 4.69) is 15.6 Å². The molecule has 1 amide bonds. The number of anilines is 1. The maximum Gasteiger partial charge on any atom is 0.253 e. The Labute approximate surface area is 114 Å². The molecule has 1 heterocycles. The minimum Gasteiger partial charge on any atom is -0.382 e. The van der Waals surface area contributed by atoms with Crippen molar-refractivity contribution in [3.63, 3.8) is 0 Å². The number of amides is 1. The number of carbonyl (C=O) groups is 1. The number of nitrogens with zero attached hydrogens (tertiary/aromatic N) is 1. The molecule has 0 saturated heterocycles. The Bertz CT molecular complexity index is 557. The molecular formula is C13H14FN3OS. The van der Waals surface area contributed by atoms with Crippen LogP contribution >= 0.6 is 11.3 Å². The Morgan fingerprint density at radius 3 is 3.00 bits per heavy atom. The van der Waals surface area contributed by atoms with E-state index in [0.717, 1.165) is 5.01 Å². The van der Waals surface area contributed by atoms with Crippen LogP contribution in [0.1, 0.15) is 22.3 Å². The summed E-state index contributed by atoms with van der Waals surface area (Å²) in [5, 5.41) is 8.25. The predicted molar refractivity (Wildman–Crippen MR) is 73.8 cm³/mol. The highest BCUT2D eigenvalue weighted by Crippen LogP contribution is 2.19. The van der Waals surface area contributed by atoms with Crippen LogP contribution in [0.15, 0.2) is 29.8 Å². The number of rotatable bonds is 5. The van der Waals surface area contributed by atoms with Crippen LogP contribution in [0.4, 0.5) is 10.1 Å². The number of aromatic nitrogens is 1. The molecule has 2 aromatic rings. The maximum atomic E-state index is 13.7. The van der Waals surface area contributed by atoms with Gasteiger partial charge in [-0.3, -0.25) is 4.79 Å². The van der Waals surface area contributed by atoms with Gasteiger partial charge < -0.3 is 10.6 Å². The van der Waals surface area contributed by atoms with Crippen molar-refractivity contribution in [3.8, 4) is 0 Å². The van der Waals surface area contributed by atoms with Gasteiger partial charge in [-0.15, -0.1) is 11.3 Å². The molecule has 0 bridgehead atoms. The van der Waals surface area contributed by atoms with Crippen molar-refractivity contribution in [1.82, 2.24) is 10.3 Å². The molecule has 0 radical (unpaired) electrons. The quantitative estimate of drug-likeness (QED) is 0.884. The summed E-state index contributed by atoms with van der Waals surface area (Å²) in [7, 11) is 0. The van der Waals surface area contributed by atoms with Crippen molar-refractivity contribution in [3.05, 3.63) is 46.2 Å². The summed E-state index contributed by atoms with van der Waals surface area (Å²) in [6, 6.07) is 4.45. The van der Waals surface area contributed by atoms with E-state index in [1.54, 1.807) is 12.3 Å². The van der Waals surface area contributed by atoms with Crippen LogP contribution in [0.5, 0.6) is 0 Å². The van der Waals surface area contributed by atoms with Crippen molar-refractivity contribution >= 4 is 22.9 Å². The monoisotopic (exact) mass is 279 g/mol. The molecule has 4 nitrogen and oxygen atoms in total. The molecule has 2 N–H and O–H groups in total. The normalized spacial score (nSPS) is 10.2. The number of nitrogens with one attached hydrogen (secondary N) is 2. The van der Waals surface area contributed by atoms with Gasteiger partial charge in [0.2, 0.25) is 0 Å². The maximum absolute atomic E-state index is 13.7. The first-order valence-electron chi connectivity index (χ1n) is 5.91. The first kappa shape index (κ1) is 13.5. The second-order valence-corrected chi connectivity index (χ2v) is 4.78. The molecule has 1 aromatic heterocycles. The largest absolute Gasteiger partial charge is 0.382 e. The summed E-state index contributed by atoms with van der Waals surface area (Å²) in [6.45, 7) is 2.75. The van der Waals surface area contributed by atoms with Crippen LogP contribution < -0.4 is 10.6 Å². The number of benzene rings is 1. The van der Waals surface area contributed by atoms with Crippen LogP contribution in [0, 0.1) is 5.82 Å². The molecule has 0 saturated carbocycles. The van der Waals surface area contributed by atoms with E-state index < -0.39 is 5.82 Å². The molecule has 0 fully saturated rings. The van der Waals surface area contributed by atoms with Gasteiger partial charge in [0, 0.05) is 18.1 Å². The lowest BCUT2D eigenvalue weighted by Gasteiger charge is -2.11. The van der Waals surface area contributed by atoms with Gasteiger partial charge >= 0.3 is 0 Å². The number of thiazole rings is 1. The van der Waals surface area contributed by atoms with Gasteiger partial charge in [0.25, 0.3) is 5.91 Å². The van der Waals surface area contributed by atoms with Crippen molar-refractivity contribution < 1.29 is 9.18 Å². The molecule has 0 aliphatic rings. The van der Waals surface area contributed by atoms with Crippen molar-refractivity contribution in [2.45, 2.75) is 13.5 Å². The standard InChI is InChI=1S/C13H14FN3OS/c1-2-15-12-9(4-3-5-10(12)14)13(18)17-8-11-16-6-7-19-11/h3-7,15H,2,8H2,1H3,(H,17,18). The molecule has 2 rings (SSSR count). The molecule has 100 valence electrons. The Kier molecular flexibility index (Phi) is 4.46. The van der Waals surface area contributed by atoms with Crippen LogP contribution in [0.2, 0.25) is 0 Å². The second kappa shape index (κ2) is 6.29. The number of hydrogen-bond acceptors (Lipinski definition) is 4. The van der Waals surface area contributed by atoms with Gasteiger partial charge in [-0.25, -0.2) is 9.37 Å². The molecule has 6 heteroatoms. The van der Waals surface area contributed by atoms with E-state index in [9.17, 15) is 9.18 Å². The zero-order valence-corrected chi connectivity index (χ0v) is 11.3. The Morgan fingerprint density at radius 2 is 2.32 bits per heavy atom. The molecule has 1 aromatic carbocycles. The van der Waals surface area contributed by atoms with Crippen molar-refractivity contribution in [1.29, 1.82) is 0 Å². The van der Waals surface area contributed by atoms with E-state index in [0.29, 0.717) is 18.7 Å². The van der Waals surface area contributed by atoms with E-state index in [1.807, 2.05) is 12.3 Å². The molecular weight excluding hydrogens is 265 g/mol. The lowest BCUT2D eigenvalue weighted by molar-refractivity contribution is 0.0951. The van der Waals surface area contributed by atoms with Gasteiger partial charge in [-0.05, 0) is 19.1 Å². The van der Waals surface area contributed by atoms with Crippen LogP contribution in [0.3, 0.4) is 0 Å². The first-order valence-corrected chi connectivity index (χ1v) is 6.79. The molecule has 0 spiro atoms.